The largest absolute Gasteiger partial charge is 1.20 e. The van der Waals surface area contributed by atoms with Crippen LogP contribution >= 0.6 is 0 Å². The van der Waals surface area contributed by atoms with E-state index in [1.165, 1.54) is 0 Å². The SMILES string of the molecule is CCCOC(=O)c1ccccc1[O][Al]([O]c1ccccc1C(=O)OCC)[O]c1ccccc1C(=O)OCCC. The summed E-state index contributed by atoms with van der Waals surface area (Å²) in [5, 5.41) is 0. The van der Waals surface area contributed by atoms with Crippen LogP contribution in [0.25, 0.3) is 0 Å². The zero-order valence-electron chi connectivity index (χ0n) is 22.2. The third-order valence-electron chi connectivity index (χ3n) is 5.14. The summed E-state index contributed by atoms with van der Waals surface area (Å²) in [6, 6.07) is 19.6. The van der Waals surface area contributed by atoms with Crippen LogP contribution in [-0.4, -0.2) is 52.9 Å². The summed E-state index contributed by atoms with van der Waals surface area (Å²) in [6.07, 6.45) is 1.32. The molecule has 204 valence electrons. The highest BCUT2D eigenvalue weighted by atomic mass is 27.3. The Balaban J connectivity index is 1.99. The van der Waals surface area contributed by atoms with Gasteiger partial charge in [0.05, 0.1) is 53.8 Å². The van der Waals surface area contributed by atoms with Gasteiger partial charge in [0.15, 0.2) is 0 Å². The fourth-order valence-electron chi connectivity index (χ4n) is 3.35. The second-order valence-electron chi connectivity index (χ2n) is 8.12. The molecule has 10 heteroatoms. The average Bonchev–Trinajstić information content (AvgIpc) is 2.95. The van der Waals surface area contributed by atoms with Crippen LogP contribution in [-0.2, 0) is 14.2 Å². The predicted molar refractivity (Wildman–Crippen MR) is 144 cm³/mol. The number of rotatable bonds is 14. The van der Waals surface area contributed by atoms with Crippen LogP contribution in [0.1, 0.15) is 64.7 Å². The van der Waals surface area contributed by atoms with E-state index >= 15 is 0 Å². The zero-order chi connectivity index (χ0) is 28.0. The van der Waals surface area contributed by atoms with Gasteiger partial charge in [0.2, 0.25) is 0 Å². The number of hydrogen-bond acceptors (Lipinski definition) is 9. The number of esters is 3. The van der Waals surface area contributed by atoms with E-state index in [-0.39, 0.29) is 53.8 Å². The maximum atomic E-state index is 12.7. The maximum Gasteiger partial charge on any atom is 1.20 e. The highest BCUT2D eigenvalue weighted by molar-refractivity contribution is 6.40. The van der Waals surface area contributed by atoms with Gasteiger partial charge in [-0.25, -0.2) is 14.4 Å². The van der Waals surface area contributed by atoms with Crippen molar-refractivity contribution in [1.82, 2.24) is 0 Å². The second-order valence-corrected chi connectivity index (χ2v) is 9.41. The molecule has 0 atom stereocenters. The van der Waals surface area contributed by atoms with E-state index in [0.29, 0.717) is 12.8 Å². The summed E-state index contributed by atoms with van der Waals surface area (Å²) in [5.74, 6) is -1.17. The summed E-state index contributed by atoms with van der Waals surface area (Å²) < 4.78 is 34.2. The standard InChI is InChI=1S/2C10H12O3.C9H10O3.Al/c2*1-2-7-13-10(12)8-5-3-4-6-9(8)11;1-2-12-9(11)7-5-3-4-6-8(7)10;/h2*3-6,11H,2,7H2,1H3;3-6,10H,2H2,1H3;/q;;;+3/p-3. The number of benzene rings is 3. The van der Waals surface area contributed by atoms with Crippen molar-refractivity contribution >= 4 is 33.1 Å². The Kier molecular flexibility index (Phi) is 11.7. The zero-order valence-corrected chi connectivity index (χ0v) is 23.4. The molecule has 39 heavy (non-hydrogen) atoms. The van der Waals surface area contributed by atoms with E-state index in [1.54, 1.807) is 79.7 Å². The van der Waals surface area contributed by atoms with E-state index in [2.05, 4.69) is 0 Å². The molecular formula is C29H31AlO9. The molecular weight excluding hydrogens is 519 g/mol. The fourth-order valence-corrected chi connectivity index (χ4v) is 4.73. The fraction of sp³-hybridized carbons (Fsp3) is 0.276. The molecule has 0 heterocycles. The molecule has 3 aromatic carbocycles. The summed E-state index contributed by atoms with van der Waals surface area (Å²) in [4.78, 5) is 37.9. The predicted octanol–water partition coefficient (Wildman–Crippen LogP) is 5.52. The van der Waals surface area contributed by atoms with Gasteiger partial charge in [0.1, 0.15) is 0 Å². The van der Waals surface area contributed by atoms with Crippen molar-refractivity contribution in [2.24, 2.45) is 0 Å². The van der Waals surface area contributed by atoms with Crippen LogP contribution in [0, 0.1) is 0 Å². The molecule has 9 nitrogen and oxygen atoms in total. The van der Waals surface area contributed by atoms with Gasteiger partial charge in [-0.2, -0.15) is 0 Å². The first-order chi connectivity index (χ1) is 19.0. The Morgan fingerprint density at radius 3 is 1.21 bits per heavy atom. The first-order valence-corrected chi connectivity index (χ1v) is 14.2. The van der Waals surface area contributed by atoms with Gasteiger partial charge in [0, 0.05) is 0 Å². The second kappa shape index (κ2) is 15.4. The Labute approximate surface area is 232 Å². The number of carbonyl (C=O) groups is 3. The molecule has 0 spiro atoms. The molecule has 0 aromatic heterocycles. The van der Waals surface area contributed by atoms with E-state index in [4.69, 9.17) is 25.6 Å². The maximum absolute atomic E-state index is 12.7. The lowest BCUT2D eigenvalue weighted by atomic mass is 10.2. The summed E-state index contributed by atoms with van der Waals surface area (Å²) >= 11 is -3.32. The molecule has 0 aliphatic rings. The number of hydrogen-bond donors (Lipinski definition) is 0. The third kappa shape index (κ3) is 8.50. The van der Waals surface area contributed by atoms with Crippen LogP contribution in [0.2, 0.25) is 0 Å². The van der Waals surface area contributed by atoms with E-state index in [9.17, 15) is 14.4 Å². The normalized spacial score (nSPS) is 10.2. The van der Waals surface area contributed by atoms with Crippen molar-refractivity contribution in [2.45, 2.75) is 33.6 Å². The molecule has 0 saturated heterocycles. The minimum absolute atomic E-state index is 0.171. The smallest absolute Gasteiger partial charge is 0.577 e. The van der Waals surface area contributed by atoms with Gasteiger partial charge in [-0.1, -0.05) is 50.2 Å². The third-order valence-corrected chi connectivity index (χ3v) is 6.48. The van der Waals surface area contributed by atoms with Crippen LogP contribution in [0.4, 0.5) is 0 Å². The van der Waals surface area contributed by atoms with Gasteiger partial charge in [-0.05, 0) is 56.2 Å². The minimum Gasteiger partial charge on any atom is -0.577 e. The van der Waals surface area contributed by atoms with Gasteiger partial charge in [0.25, 0.3) is 0 Å². The minimum atomic E-state index is -3.32. The van der Waals surface area contributed by atoms with E-state index in [1.807, 2.05) is 13.8 Å². The summed E-state index contributed by atoms with van der Waals surface area (Å²) in [6.45, 7) is 6.17. The first kappa shape index (κ1) is 29.6. The van der Waals surface area contributed by atoms with Crippen molar-refractivity contribution in [3.8, 4) is 17.2 Å². The van der Waals surface area contributed by atoms with Crippen molar-refractivity contribution in [1.29, 1.82) is 0 Å². The van der Waals surface area contributed by atoms with Crippen molar-refractivity contribution in [3.05, 3.63) is 89.5 Å². The number of ether oxygens (including phenoxy) is 3. The lowest BCUT2D eigenvalue weighted by Gasteiger charge is -2.20. The molecule has 0 fully saturated rings. The van der Waals surface area contributed by atoms with Gasteiger partial charge in [-0.15, -0.1) is 0 Å². The van der Waals surface area contributed by atoms with Crippen molar-refractivity contribution in [2.75, 3.05) is 19.8 Å². The van der Waals surface area contributed by atoms with Gasteiger partial charge in [-0.3, -0.25) is 0 Å². The Morgan fingerprint density at radius 1 is 0.538 bits per heavy atom. The molecule has 0 unspecified atom stereocenters. The highest BCUT2D eigenvalue weighted by Crippen LogP contribution is 2.26. The molecule has 3 aromatic rings. The van der Waals surface area contributed by atoms with Crippen molar-refractivity contribution in [3.63, 3.8) is 0 Å². The lowest BCUT2D eigenvalue weighted by Crippen LogP contribution is -2.38. The Hall–Kier alpha value is -4.00. The monoisotopic (exact) mass is 550 g/mol. The molecule has 0 bridgehead atoms. The number of carbonyl (C=O) groups excluding carboxylic acids is 3. The Bertz CT molecular complexity index is 1200. The van der Waals surface area contributed by atoms with E-state index < -0.39 is 33.1 Å². The molecule has 0 aliphatic heterocycles. The van der Waals surface area contributed by atoms with Crippen LogP contribution < -0.4 is 11.4 Å². The molecule has 0 saturated carbocycles. The lowest BCUT2D eigenvalue weighted by molar-refractivity contribution is 0.0494. The quantitative estimate of drug-likeness (QED) is 0.146. The number of para-hydroxylation sites is 3. The molecule has 0 N–H and O–H groups in total. The molecule has 0 aliphatic carbocycles. The van der Waals surface area contributed by atoms with Gasteiger partial charge < -0.3 is 25.6 Å². The summed E-state index contributed by atoms with van der Waals surface area (Å²) in [7, 11) is 0. The Morgan fingerprint density at radius 2 is 0.872 bits per heavy atom. The topological polar surface area (TPSA) is 107 Å². The first-order valence-electron chi connectivity index (χ1n) is 12.8. The van der Waals surface area contributed by atoms with Crippen LogP contribution in [0.3, 0.4) is 0 Å². The van der Waals surface area contributed by atoms with Crippen LogP contribution in [0.15, 0.2) is 72.8 Å². The molecule has 0 radical (unpaired) electrons. The van der Waals surface area contributed by atoms with Crippen molar-refractivity contribution < 1.29 is 40.0 Å². The van der Waals surface area contributed by atoms with Gasteiger partial charge >= 0.3 is 33.1 Å². The van der Waals surface area contributed by atoms with Crippen LogP contribution in [0.5, 0.6) is 17.2 Å². The molecule has 3 rings (SSSR count). The highest BCUT2D eigenvalue weighted by Gasteiger charge is 2.46. The van der Waals surface area contributed by atoms with E-state index in [0.717, 1.165) is 0 Å². The molecule has 0 amide bonds. The summed E-state index contributed by atoms with van der Waals surface area (Å²) in [5.41, 5.74) is 0.547. The average molecular weight is 551 g/mol.